The number of sulfonamides is 1. The molecule has 0 aliphatic carbocycles. The van der Waals surface area contributed by atoms with Gasteiger partial charge in [-0.05, 0) is 49.4 Å². The van der Waals surface area contributed by atoms with E-state index in [1.165, 1.54) is 4.88 Å². The van der Waals surface area contributed by atoms with Gasteiger partial charge in [0.25, 0.3) is 0 Å². The van der Waals surface area contributed by atoms with Crippen LogP contribution in [0.5, 0.6) is 0 Å². The summed E-state index contributed by atoms with van der Waals surface area (Å²) in [7, 11) is -3.41. The Morgan fingerprint density at radius 3 is 2.60 bits per heavy atom. The molecule has 1 atom stereocenters. The number of benzene rings is 1. The van der Waals surface area contributed by atoms with E-state index in [9.17, 15) is 8.42 Å². The van der Waals surface area contributed by atoms with Gasteiger partial charge in [0.2, 0.25) is 10.0 Å². The first-order chi connectivity index (χ1) is 9.50. The molecule has 0 saturated carbocycles. The Morgan fingerprint density at radius 1 is 1.20 bits per heavy atom. The van der Waals surface area contributed by atoms with Crippen LogP contribution in [0.3, 0.4) is 0 Å². The van der Waals surface area contributed by atoms with Crippen molar-refractivity contribution in [2.75, 3.05) is 6.54 Å². The minimum atomic E-state index is -3.41. The molecule has 0 saturated heterocycles. The Hall–Kier alpha value is -1.17. The standard InChI is InChI=1S/C15H17NO2S2/c1-11-3-5-13(6-4-11)20(17,18)16-9-7-15-14(12(16)2)8-10-19-15/h3-6,8,10,12H,7,9H2,1-2H3/t12-/m1/s1. The molecule has 1 aromatic heterocycles. The lowest BCUT2D eigenvalue weighted by Gasteiger charge is -2.32. The summed E-state index contributed by atoms with van der Waals surface area (Å²) < 4.78 is 27.2. The third kappa shape index (κ3) is 2.20. The van der Waals surface area contributed by atoms with E-state index >= 15 is 0 Å². The molecule has 1 aromatic carbocycles. The van der Waals surface area contributed by atoms with Crippen molar-refractivity contribution in [3.63, 3.8) is 0 Å². The van der Waals surface area contributed by atoms with Crippen molar-refractivity contribution in [2.24, 2.45) is 0 Å². The van der Waals surface area contributed by atoms with Gasteiger partial charge in [0.1, 0.15) is 0 Å². The zero-order valence-electron chi connectivity index (χ0n) is 11.5. The normalized spacial score (nSPS) is 19.8. The molecule has 2 heterocycles. The first kappa shape index (κ1) is 13.8. The largest absolute Gasteiger partial charge is 0.243 e. The average molecular weight is 307 g/mol. The van der Waals surface area contributed by atoms with E-state index in [1.54, 1.807) is 27.8 Å². The second kappa shape index (κ2) is 4.98. The highest BCUT2D eigenvalue weighted by molar-refractivity contribution is 7.89. The molecule has 0 spiro atoms. The predicted octanol–water partition coefficient (Wildman–Crippen LogP) is 3.36. The highest BCUT2D eigenvalue weighted by Crippen LogP contribution is 2.36. The maximum absolute atomic E-state index is 12.8. The highest BCUT2D eigenvalue weighted by Gasteiger charge is 2.34. The molecule has 1 aliphatic heterocycles. The Bertz CT molecular complexity index is 717. The maximum Gasteiger partial charge on any atom is 0.243 e. The predicted molar refractivity (Wildman–Crippen MR) is 81.5 cm³/mol. The van der Waals surface area contributed by atoms with Crippen molar-refractivity contribution in [2.45, 2.75) is 31.2 Å². The van der Waals surface area contributed by atoms with Crippen molar-refractivity contribution >= 4 is 21.4 Å². The minimum Gasteiger partial charge on any atom is -0.207 e. The van der Waals surface area contributed by atoms with Gasteiger partial charge in [-0.1, -0.05) is 17.7 Å². The summed E-state index contributed by atoms with van der Waals surface area (Å²) >= 11 is 1.72. The van der Waals surface area contributed by atoms with Crippen LogP contribution in [-0.4, -0.2) is 19.3 Å². The third-order valence-corrected chi connectivity index (χ3v) is 6.83. The molecule has 106 valence electrons. The van der Waals surface area contributed by atoms with Gasteiger partial charge >= 0.3 is 0 Å². The molecule has 20 heavy (non-hydrogen) atoms. The molecule has 3 rings (SSSR count). The van der Waals surface area contributed by atoms with Gasteiger partial charge < -0.3 is 0 Å². The van der Waals surface area contributed by atoms with Crippen molar-refractivity contribution in [1.82, 2.24) is 4.31 Å². The van der Waals surface area contributed by atoms with E-state index in [0.29, 0.717) is 11.4 Å². The van der Waals surface area contributed by atoms with Crippen LogP contribution in [0.15, 0.2) is 40.6 Å². The second-order valence-electron chi connectivity index (χ2n) is 5.15. The number of hydrogen-bond donors (Lipinski definition) is 0. The molecule has 1 aliphatic rings. The minimum absolute atomic E-state index is 0.0868. The van der Waals surface area contributed by atoms with Crippen LogP contribution >= 0.6 is 11.3 Å². The third-order valence-electron chi connectivity index (χ3n) is 3.85. The zero-order chi connectivity index (χ0) is 14.3. The van der Waals surface area contributed by atoms with Crippen molar-refractivity contribution in [1.29, 1.82) is 0 Å². The summed E-state index contributed by atoms with van der Waals surface area (Å²) in [5.74, 6) is 0. The smallest absolute Gasteiger partial charge is 0.207 e. The van der Waals surface area contributed by atoms with Crippen LogP contribution < -0.4 is 0 Å². The van der Waals surface area contributed by atoms with E-state index in [0.717, 1.165) is 17.5 Å². The summed E-state index contributed by atoms with van der Waals surface area (Å²) in [4.78, 5) is 1.70. The fourth-order valence-corrected chi connectivity index (χ4v) is 5.24. The number of hydrogen-bond acceptors (Lipinski definition) is 3. The van der Waals surface area contributed by atoms with Gasteiger partial charge in [-0.15, -0.1) is 11.3 Å². The fourth-order valence-electron chi connectivity index (χ4n) is 2.66. The van der Waals surface area contributed by atoms with Crippen LogP contribution in [0.25, 0.3) is 0 Å². The first-order valence-electron chi connectivity index (χ1n) is 6.65. The summed E-state index contributed by atoms with van der Waals surface area (Å²) in [6.07, 6.45) is 0.808. The van der Waals surface area contributed by atoms with Gasteiger partial charge in [0, 0.05) is 17.5 Å². The number of fused-ring (bicyclic) bond motifs is 1. The Balaban J connectivity index is 1.99. The molecule has 0 unspecified atom stereocenters. The van der Waals surface area contributed by atoms with Crippen LogP contribution in [0.1, 0.15) is 29.0 Å². The molecular weight excluding hydrogens is 290 g/mol. The van der Waals surface area contributed by atoms with Crippen LogP contribution in [0.2, 0.25) is 0 Å². The van der Waals surface area contributed by atoms with Gasteiger partial charge in [-0.2, -0.15) is 4.31 Å². The van der Waals surface area contributed by atoms with Crippen LogP contribution in [-0.2, 0) is 16.4 Å². The van der Waals surface area contributed by atoms with Crippen molar-refractivity contribution in [3.8, 4) is 0 Å². The molecule has 0 amide bonds. The number of rotatable bonds is 2. The topological polar surface area (TPSA) is 37.4 Å². The fraction of sp³-hybridized carbons (Fsp3) is 0.333. The van der Waals surface area contributed by atoms with E-state index < -0.39 is 10.0 Å². The molecule has 2 aromatic rings. The lowest BCUT2D eigenvalue weighted by atomic mass is 10.0. The number of aryl methyl sites for hydroxylation is 1. The Labute approximate surface area is 123 Å². The van der Waals surface area contributed by atoms with E-state index in [2.05, 4.69) is 0 Å². The van der Waals surface area contributed by atoms with Crippen LogP contribution in [0, 0.1) is 6.92 Å². The molecule has 0 N–H and O–H groups in total. The molecular formula is C15H17NO2S2. The highest BCUT2D eigenvalue weighted by atomic mass is 32.2. The Morgan fingerprint density at radius 2 is 1.90 bits per heavy atom. The number of thiophene rings is 1. The first-order valence-corrected chi connectivity index (χ1v) is 8.97. The molecule has 3 nitrogen and oxygen atoms in total. The van der Waals surface area contributed by atoms with Crippen molar-refractivity contribution in [3.05, 3.63) is 51.7 Å². The lowest BCUT2D eigenvalue weighted by molar-refractivity contribution is 0.329. The van der Waals surface area contributed by atoms with Crippen LogP contribution in [0.4, 0.5) is 0 Å². The molecule has 0 radical (unpaired) electrons. The summed E-state index contributed by atoms with van der Waals surface area (Å²) in [5.41, 5.74) is 2.22. The quantitative estimate of drug-likeness (QED) is 0.853. The van der Waals surface area contributed by atoms with E-state index in [4.69, 9.17) is 0 Å². The van der Waals surface area contributed by atoms with Gasteiger partial charge in [-0.3, -0.25) is 0 Å². The molecule has 0 bridgehead atoms. The van der Waals surface area contributed by atoms with Gasteiger partial charge in [-0.25, -0.2) is 8.42 Å². The van der Waals surface area contributed by atoms with E-state index in [1.807, 2.05) is 37.4 Å². The van der Waals surface area contributed by atoms with E-state index in [-0.39, 0.29) is 6.04 Å². The average Bonchev–Trinajstić information content (AvgIpc) is 2.88. The molecule has 5 heteroatoms. The Kier molecular flexibility index (Phi) is 3.44. The second-order valence-corrected chi connectivity index (χ2v) is 8.05. The van der Waals surface area contributed by atoms with Gasteiger partial charge in [0.15, 0.2) is 0 Å². The lowest BCUT2D eigenvalue weighted by Crippen LogP contribution is -2.38. The summed E-state index contributed by atoms with van der Waals surface area (Å²) in [6.45, 7) is 4.49. The zero-order valence-corrected chi connectivity index (χ0v) is 13.2. The molecule has 0 fully saturated rings. The summed E-state index contributed by atoms with van der Waals surface area (Å²) in [6, 6.07) is 9.04. The maximum atomic E-state index is 12.8. The SMILES string of the molecule is Cc1ccc(S(=O)(=O)N2CCc3sccc3[C@H]2C)cc1. The number of nitrogens with zero attached hydrogens (tertiary/aromatic N) is 1. The van der Waals surface area contributed by atoms with Crippen molar-refractivity contribution < 1.29 is 8.42 Å². The monoisotopic (exact) mass is 307 g/mol. The van der Waals surface area contributed by atoms with Gasteiger partial charge in [0.05, 0.1) is 4.90 Å². The summed E-state index contributed by atoms with van der Waals surface area (Å²) in [5, 5.41) is 2.04.